The van der Waals surface area contributed by atoms with Crippen LogP contribution < -0.4 is 0 Å². The minimum atomic E-state index is -0.768. The van der Waals surface area contributed by atoms with Crippen molar-refractivity contribution in [3.63, 3.8) is 0 Å². The van der Waals surface area contributed by atoms with Crippen LogP contribution in [-0.2, 0) is 28.6 Å². The Morgan fingerprint density at radius 2 is 0.465 bits per heavy atom. The SMILES string of the molecule is CCCCC/C=C\CCCCCCCC(=O)OCC(COC(=O)CCCCCCCCCCCCCCCCCCCCCCCCCCCCCC)OC(=O)CCCCCCCCCCCCCCC. The standard InChI is InChI=1S/C65H124O6/c1-4-7-10-13-16-19-22-25-26-27-28-29-30-31-32-33-34-35-36-37-38-39-41-43-46-49-52-55-58-64(67)70-61-62(60-69-63(66)57-54-51-48-45-42-24-21-18-15-12-9-6-3)71-65(68)59-56-53-50-47-44-40-23-20-17-14-11-8-5-2/h18,21,62H,4-17,19-20,22-61H2,1-3H3/b21-18-. The van der Waals surface area contributed by atoms with E-state index in [4.69, 9.17) is 14.2 Å². The van der Waals surface area contributed by atoms with Crippen molar-refractivity contribution in [2.75, 3.05) is 13.2 Å². The normalized spacial score (nSPS) is 12.0. The first-order chi connectivity index (χ1) is 35.0. The number of carbonyl (C=O) groups excluding carboxylic acids is 3. The lowest BCUT2D eigenvalue weighted by Gasteiger charge is -2.18. The first-order valence-electron chi connectivity index (χ1n) is 32.2. The first kappa shape index (κ1) is 69.2. The van der Waals surface area contributed by atoms with Gasteiger partial charge >= 0.3 is 17.9 Å². The summed E-state index contributed by atoms with van der Waals surface area (Å²) in [4.78, 5) is 38.2. The van der Waals surface area contributed by atoms with E-state index in [1.807, 2.05) is 0 Å². The Bertz CT molecular complexity index is 1100. The van der Waals surface area contributed by atoms with Crippen molar-refractivity contribution in [2.24, 2.45) is 0 Å². The molecule has 0 aliphatic rings. The molecule has 0 bridgehead atoms. The van der Waals surface area contributed by atoms with E-state index in [0.717, 1.165) is 64.2 Å². The minimum Gasteiger partial charge on any atom is -0.462 e. The van der Waals surface area contributed by atoms with Crippen molar-refractivity contribution in [1.82, 2.24) is 0 Å². The van der Waals surface area contributed by atoms with Gasteiger partial charge in [0.25, 0.3) is 0 Å². The van der Waals surface area contributed by atoms with Gasteiger partial charge < -0.3 is 14.2 Å². The Morgan fingerprint density at radius 3 is 0.732 bits per heavy atom. The topological polar surface area (TPSA) is 78.9 Å². The average molecular weight is 1000 g/mol. The Kier molecular flexibility index (Phi) is 59.1. The minimum absolute atomic E-state index is 0.0664. The van der Waals surface area contributed by atoms with Crippen LogP contribution in [0.5, 0.6) is 0 Å². The van der Waals surface area contributed by atoms with Crippen LogP contribution in [0.25, 0.3) is 0 Å². The van der Waals surface area contributed by atoms with E-state index in [1.165, 1.54) is 263 Å². The van der Waals surface area contributed by atoms with Crippen LogP contribution in [0.1, 0.15) is 367 Å². The van der Waals surface area contributed by atoms with Crippen LogP contribution in [0.4, 0.5) is 0 Å². The number of ether oxygens (including phenoxy) is 3. The maximum atomic E-state index is 12.8. The number of esters is 3. The molecule has 1 atom stereocenters. The van der Waals surface area contributed by atoms with Gasteiger partial charge in [-0.15, -0.1) is 0 Å². The Labute approximate surface area is 443 Å². The number of hydrogen-bond acceptors (Lipinski definition) is 6. The second kappa shape index (κ2) is 60.7. The zero-order valence-corrected chi connectivity index (χ0v) is 48.3. The smallest absolute Gasteiger partial charge is 0.306 e. The van der Waals surface area contributed by atoms with Gasteiger partial charge in [-0.25, -0.2) is 0 Å². The number of unbranched alkanes of at least 4 members (excludes halogenated alkanes) is 47. The highest BCUT2D eigenvalue weighted by molar-refractivity contribution is 5.71. The quantitative estimate of drug-likeness (QED) is 0.0261. The van der Waals surface area contributed by atoms with E-state index in [2.05, 4.69) is 32.9 Å². The van der Waals surface area contributed by atoms with Crippen LogP contribution in [-0.4, -0.2) is 37.2 Å². The molecule has 0 saturated carbocycles. The number of allylic oxidation sites excluding steroid dienone is 2. The molecule has 0 N–H and O–H groups in total. The zero-order chi connectivity index (χ0) is 51.4. The fourth-order valence-corrected chi connectivity index (χ4v) is 9.91. The number of rotatable bonds is 60. The molecule has 0 aliphatic heterocycles. The highest BCUT2D eigenvalue weighted by Gasteiger charge is 2.19. The number of carbonyl (C=O) groups is 3. The van der Waals surface area contributed by atoms with Gasteiger partial charge in [0.2, 0.25) is 0 Å². The highest BCUT2D eigenvalue weighted by Crippen LogP contribution is 2.18. The van der Waals surface area contributed by atoms with Crippen molar-refractivity contribution < 1.29 is 28.6 Å². The van der Waals surface area contributed by atoms with Crippen LogP contribution in [0, 0.1) is 0 Å². The third-order valence-corrected chi connectivity index (χ3v) is 14.8. The van der Waals surface area contributed by atoms with Crippen molar-refractivity contribution >= 4 is 17.9 Å². The van der Waals surface area contributed by atoms with Gasteiger partial charge in [0.05, 0.1) is 0 Å². The zero-order valence-electron chi connectivity index (χ0n) is 48.3. The highest BCUT2D eigenvalue weighted by atomic mass is 16.6. The van der Waals surface area contributed by atoms with E-state index in [-0.39, 0.29) is 31.1 Å². The maximum absolute atomic E-state index is 12.8. The molecule has 0 saturated heterocycles. The molecule has 71 heavy (non-hydrogen) atoms. The Morgan fingerprint density at radius 1 is 0.268 bits per heavy atom. The molecule has 0 heterocycles. The molecule has 0 spiro atoms. The lowest BCUT2D eigenvalue weighted by molar-refractivity contribution is -0.167. The van der Waals surface area contributed by atoms with Gasteiger partial charge in [-0.3, -0.25) is 14.4 Å². The first-order valence-corrected chi connectivity index (χ1v) is 32.2. The molecule has 0 aromatic rings. The van der Waals surface area contributed by atoms with Crippen molar-refractivity contribution in [1.29, 1.82) is 0 Å². The van der Waals surface area contributed by atoms with E-state index < -0.39 is 6.10 Å². The fraction of sp³-hybridized carbons (Fsp3) is 0.923. The molecule has 0 rings (SSSR count). The molecule has 0 aromatic heterocycles. The summed E-state index contributed by atoms with van der Waals surface area (Å²) in [5.74, 6) is -0.850. The average Bonchev–Trinajstić information content (AvgIpc) is 3.37. The van der Waals surface area contributed by atoms with Gasteiger partial charge in [-0.2, -0.15) is 0 Å². The van der Waals surface area contributed by atoms with Crippen LogP contribution >= 0.6 is 0 Å². The van der Waals surface area contributed by atoms with Gasteiger partial charge in [0.1, 0.15) is 13.2 Å². The van der Waals surface area contributed by atoms with Crippen LogP contribution in [0.2, 0.25) is 0 Å². The monoisotopic (exact) mass is 1000 g/mol. The Balaban J connectivity index is 4.09. The molecule has 0 aliphatic carbocycles. The largest absolute Gasteiger partial charge is 0.462 e. The van der Waals surface area contributed by atoms with Gasteiger partial charge in [0, 0.05) is 19.3 Å². The fourth-order valence-electron chi connectivity index (χ4n) is 9.91. The molecule has 0 radical (unpaired) electrons. The van der Waals surface area contributed by atoms with Crippen molar-refractivity contribution in [3.05, 3.63) is 12.2 Å². The second-order valence-electron chi connectivity index (χ2n) is 22.0. The maximum Gasteiger partial charge on any atom is 0.306 e. The van der Waals surface area contributed by atoms with Gasteiger partial charge in [0.15, 0.2) is 6.10 Å². The summed E-state index contributed by atoms with van der Waals surface area (Å²) in [5.41, 5.74) is 0. The van der Waals surface area contributed by atoms with E-state index in [1.54, 1.807) is 0 Å². The van der Waals surface area contributed by atoms with Crippen LogP contribution in [0.15, 0.2) is 12.2 Å². The van der Waals surface area contributed by atoms with Crippen molar-refractivity contribution in [3.8, 4) is 0 Å². The molecule has 0 aromatic carbocycles. The summed E-state index contributed by atoms with van der Waals surface area (Å²) >= 11 is 0. The second-order valence-corrected chi connectivity index (χ2v) is 22.0. The van der Waals surface area contributed by atoms with E-state index in [0.29, 0.717) is 19.3 Å². The lowest BCUT2D eigenvalue weighted by Crippen LogP contribution is -2.30. The Hall–Kier alpha value is -1.85. The molecule has 0 amide bonds. The van der Waals surface area contributed by atoms with E-state index >= 15 is 0 Å². The third kappa shape index (κ3) is 58.9. The summed E-state index contributed by atoms with van der Waals surface area (Å²) in [6.07, 6.45) is 71.0. The molecule has 1 unspecified atom stereocenters. The van der Waals surface area contributed by atoms with Crippen LogP contribution in [0.3, 0.4) is 0 Å². The molecule has 6 heteroatoms. The van der Waals surface area contributed by atoms with Gasteiger partial charge in [-0.1, -0.05) is 315 Å². The van der Waals surface area contributed by atoms with Gasteiger partial charge in [-0.05, 0) is 44.9 Å². The predicted octanol–water partition coefficient (Wildman–Crippen LogP) is 21.7. The molecule has 0 fully saturated rings. The predicted molar refractivity (Wildman–Crippen MR) is 307 cm³/mol. The molecular weight excluding hydrogens is 877 g/mol. The summed E-state index contributed by atoms with van der Waals surface area (Å²) in [7, 11) is 0. The molecule has 6 nitrogen and oxygen atoms in total. The molecular formula is C65H124O6. The molecule has 420 valence electrons. The van der Waals surface area contributed by atoms with E-state index in [9.17, 15) is 14.4 Å². The summed E-state index contributed by atoms with van der Waals surface area (Å²) in [6.45, 7) is 6.67. The third-order valence-electron chi connectivity index (χ3n) is 14.8. The number of hydrogen-bond donors (Lipinski definition) is 0. The lowest BCUT2D eigenvalue weighted by atomic mass is 10.0. The van der Waals surface area contributed by atoms with Crippen molar-refractivity contribution in [2.45, 2.75) is 374 Å². The summed E-state index contributed by atoms with van der Waals surface area (Å²) in [5, 5.41) is 0. The summed E-state index contributed by atoms with van der Waals surface area (Å²) < 4.78 is 16.9. The summed E-state index contributed by atoms with van der Waals surface area (Å²) in [6, 6.07) is 0.